The molecule has 0 saturated heterocycles. The summed E-state index contributed by atoms with van der Waals surface area (Å²) in [5.74, 6) is -1.85. The summed E-state index contributed by atoms with van der Waals surface area (Å²) in [5.41, 5.74) is 1.16. The average molecular weight is 537 g/mol. The Bertz CT molecular complexity index is 1050. The second-order valence-corrected chi connectivity index (χ2v) is 11.3. The number of rotatable bonds is 14. The van der Waals surface area contributed by atoms with Gasteiger partial charge >= 0.3 is 17.9 Å². The minimum atomic E-state index is -0.528. The standard InChI is InChI=1S/C25H40N6O7/c1-24(2,3)15-36-14-18(23(34)35-7)11-19-12-30(28-26-19)16-37-21(32)9-8-10-22(33)38-17-31-13-20(27-29-31)25(4,5)6/h12-13,18H,8-11,14-17H2,1-7H3. The molecule has 0 N–H and O–H groups in total. The molecule has 0 aromatic carbocycles. The van der Waals surface area contributed by atoms with Crippen molar-refractivity contribution >= 4 is 17.9 Å². The van der Waals surface area contributed by atoms with E-state index < -0.39 is 23.8 Å². The SMILES string of the molecule is COC(=O)C(COCC(C)(C)C)Cc1cn(COC(=O)CCCC(=O)OCn2cc(C(C)(C)C)nn2)nn1. The van der Waals surface area contributed by atoms with E-state index in [0.717, 1.165) is 5.69 Å². The first-order valence-corrected chi connectivity index (χ1v) is 12.5. The van der Waals surface area contributed by atoms with E-state index in [1.54, 1.807) is 12.4 Å². The van der Waals surface area contributed by atoms with Crippen LogP contribution in [0, 0.1) is 11.3 Å². The van der Waals surface area contributed by atoms with E-state index >= 15 is 0 Å². The maximum atomic E-state index is 12.1. The van der Waals surface area contributed by atoms with Crippen LogP contribution in [0.3, 0.4) is 0 Å². The van der Waals surface area contributed by atoms with Crippen LogP contribution in [0.2, 0.25) is 0 Å². The maximum absolute atomic E-state index is 12.1. The molecule has 1 unspecified atom stereocenters. The lowest BCUT2D eigenvalue weighted by molar-refractivity contribution is -0.150. The van der Waals surface area contributed by atoms with Crippen molar-refractivity contribution in [1.82, 2.24) is 30.0 Å². The Balaban J connectivity index is 1.68. The van der Waals surface area contributed by atoms with Crippen LogP contribution in [-0.4, -0.2) is 68.2 Å². The fourth-order valence-corrected chi connectivity index (χ4v) is 3.13. The molecule has 0 aliphatic carbocycles. The van der Waals surface area contributed by atoms with E-state index in [4.69, 9.17) is 18.9 Å². The minimum Gasteiger partial charge on any atom is -0.469 e. The van der Waals surface area contributed by atoms with Gasteiger partial charge in [-0.3, -0.25) is 14.4 Å². The number of hydrogen-bond donors (Lipinski definition) is 0. The summed E-state index contributed by atoms with van der Waals surface area (Å²) in [6, 6.07) is 0. The van der Waals surface area contributed by atoms with Crippen molar-refractivity contribution in [3.63, 3.8) is 0 Å². The van der Waals surface area contributed by atoms with Gasteiger partial charge < -0.3 is 18.9 Å². The average Bonchev–Trinajstić information content (AvgIpc) is 3.49. The highest BCUT2D eigenvalue weighted by Gasteiger charge is 2.23. The molecule has 0 fully saturated rings. The van der Waals surface area contributed by atoms with Crippen molar-refractivity contribution in [2.45, 2.75) is 86.1 Å². The highest BCUT2D eigenvalue weighted by molar-refractivity contribution is 5.73. The molecule has 13 nitrogen and oxygen atoms in total. The molecular formula is C25H40N6O7. The molecule has 0 saturated carbocycles. The number of methoxy groups -OCH3 is 1. The molecule has 2 rings (SSSR count). The topological polar surface area (TPSA) is 150 Å². The first-order valence-electron chi connectivity index (χ1n) is 12.5. The van der Waals surface area contributed by atoms with E-state index in [2.05, 4.69) is 20.6 Å². The van der Waals surface area contributed by atoms with E-state index in [1.165, 1.54) is 16.5 Å². The molecule has 2 aromatic heterocycles. The van der Waals surface area contributed by atoms with Crippen LogP contribution in [0.15, 0.2) is 12.4 Å². The van der Waals surface area contributed by atoms with E-state index in [9.17, 15) is 14.4 Å². The maximum Gasteiger partial charge on any atom is 0.311 e. The minimum absolute atomic E-state index is 0.0253. The van der Waals surface area contributed by atoms with Gasteiger partial charge in [0.05, 0.1) is 50.0 Å². The Morgan fingerprint density at radius 3 is 2.00 bits per heavy atom. The smallest absolute Gasteiger partial charge is 0.311 e. The lowest BCUT2D eigenvalue weighted by Crippen LogP contribution is -2.26. The summed E-state index contributed by atoms with van der Waals surface area (Å²) >= 11 is 0. The predicted octanol–water partition coefficient (Wildman–Crippen LogP) is 2.43. The Morgan fingerprint density at radius 1 is 0.895 bits per heavy atom. The molecule has 212 valence electrons. The van der Waals surface area contributed by atoms with Gasteiger partial charge in [0.1, 0.15) is 0 Å². The first kappa shape index (κ1) is 30.9. The van der Waals surface area contributed by atoms with Crippen molar-refractivity contribution in [3.05, 3.63) is 23.8 Å². The van der Waals surface area contributed by atoms with Crippen molar-refractivity contribution in [1.29, 1.82) is 0 Å². The van der Waals surface area contributed by atoms with Gasteiger partial charge in [-0.25, -0.2) is 9.36 Å². The molecular weight excluding hydrogens is 496 g/mol. The molecule has 0 spiro atoms. The summed E-state index contributed by atoms with van der Waals surface area (Å²) in [7, 11) is 1.33. The van der Waals surface area contributed by atoms with Crippen LogP contribution in [0.1, 0.15) is 72.2 Å². The second-order valence-electron chi connectivity index (χ2n) is 11.3. The molecule has 1 atom stereocenters. The Labute approximate surface area is 223 Å². The summed E-state index contributed by atoms with van der Waals surface area (Å²) in [5, 5.41) is 16.0. The van der Waals surface area contributed by atoms with Crippen LogP contribution in [-0.2, 0) is 58.6 Å². The number of ether oxygens (including phenoxy) is 4. The van der Waals surface area contributed by atoms with Gasteiger partial charge in [0, 0.05) is 24.7 Å². The molecule has 13 heteroatoms. The number of esters is 3. The van der Waals surface area contributed by atoms with Crippen molar-refractivity contribution < 1.29 is 33.3 Å². The van der Waals surface area contributed by atoms with Crippen molar-refractivity contribution in [2.75, 3.05) is 20.3 Å². The fourth-order valence-electron chi connectivity index (χ4n) is 3.13. The van der Waals surface area contributed by atoms with Gasteiger partial charge in [0.15, 0.2) is 13.5 Å². The number of carbonyl (C=O) groups is 3. The summed E-state index contributed by atoms with van der Waals surface area (Å²) < 4.78 is 23.7. The highest BCUT2D eigenvalue weighted by atomic mass is 16.6. The Morgan fingerprint density at radius 2 is 1.47 bits per heavy atom. The zero-order valence-corrected chi connectivity index (χ0v) is 23.4. The zero-order chi connectivity index (χ0) is 28.3. The van der Waals surface area contributed by atoms with E-state index in [1.807, 2.05) is 41.5 Å². The monoisotopic (exact) mass is 536 g/mol. The van der Waals surface area contributed by atoms with Crippen LogP contribution >= 0.6 is 0 Å². The summed E-state index contributed by atoms with van der Waals surface area (Å²) in [6.07, 6.45) is 3.99. The highest BCUT2D eigenvalue weighted by Crippen LogP contribution is 2.19. The van der Waals surface area contributed by atoms with Gasteiger partial charge in [-0.1, -0.05) is 52.0 Å². The molecule has 0 bridgehead atoms. The normalized spacial score (nSPS) is 12.7. The second kappa shape index (κ2) is 14.0. The largest absolute Gasteiger partial charge is 0.469 e. The molecule has 0 aliphatic heterocycles. The number of carbonyl (C=O) groups excluding carboxylic acids is 3. The van der Waals surface area contributed by atoms with Gasteiger partial charge in [-0.2, -0.15) is 0 Å². The molecule has 0 radical (unpaired) electrons. The lowest BCUT2D eigenvalue weighted by atomic mass is 9.93. The molecule has 38 heavy (non-hydrogen) atoms. The van der Waals surface area contributed by atoms with Crippen LogP contribution < -0.4 is 0 Å². The first-order chi connectivity index (χ1) is 17.8. The van der Waals surface area contributed by atoms with Gasteiger partial charge in [-0.15, -0.1) is 10.2 Å². The van der Waals surface area contributed by atoms with Gasteiger partial charge in [-0.05, 0) is 11.8 Å². The number of nitrogens with zero attached hydrogens (tertiary/aromatic N) is 6. The molecule has 0 aliphatic rings. The molecule has 2 aromatic rings. The van der Waals surface area contributed by atoms with E-state index in [0.29, 0.717) is 12.3 Å². The van der Waals surface area contributed by atoms with Gasteiger partial charge in [0.2, 0.25) is 0 Å². The molecule has 2 heterocycles. The summed E-state index contributed by atoms with van der Waals surface area (Å²) in [4.78, 5) is 36.1. The van der Waals surface area contributed by atoms with Crippen LogP contribution in [0.25, 0.3) is 0 Å². The Kier molecular flexibility index (Phi) is 11.4. The summed E-state index contributed by atoms with van der Waals surface area (Å²) in [6.45, 7) is 12.7. The Hall–Kier alpha value is -3.35. The van der Waals surface area contributed by atoms with Crippen molar-refractivity contribution in [2.24, 2.45) is 11.3 Å². The van der Waals surface area contributed by atoms with Crippen molar-refractivity contribution in [3.8, 4) is 0 Å². The number of aromatic nitrogens is 6. The zero-order valence-electron chi connectivity index (χ0n) is 23.4. The lowest BCUT2D eigenvalue weighted by Gasteiger charge is -2.20. The quantitative estimate of drug-likeness (QED) is 0.259. The molecule has 0 amide bonds. The third-order valence-corrected chi connectivity index (χ3v) is 5.21. The third kappa shape index (κ3) is 11.4. The van der Waals surface area contributed by atoms with Gasteiger partial charge in [0.25, 0.3) is 0 Å². The van der Waals surface area contributed by atoms with Crippen LogP contribution in [0.4, 0.5) is 0 Å². The predicted molar refractivity (Wildman–Crippen MR) is 134 cm³/mol. The third-order valence-electron chi connectivity index (χ3n) is 5.21. The van der Waals surface area contributed by atoms with Crippen LogP contribution in [0.5, 0.6) is 0 Å². The fraction of sp³-hybridized carbons (Fsp3) is 0.720. The number of hydrogen-bond acceptors (Lipinski definition) is 11. The van der Waals surface area contributed by atoms with E-state index in [-0.39, 0.29) is 56.6 Å².